The molecule has 2 atom stereocenters. The molecule has 1 aromatic heterocycles. The summed E-state index contributed by atoms with van der Waals surface area (Å²) in [5, 5.41) is 12.1. The highest BCUT2D eigenvalue weighted by Gasteiger charge is 2.29. The molecule has 1 aromatic rings. The van der Waals surface area contributed by atoms with Gasteiger partial charge in [0.15, 0.2) is 0 Å². The minimum absolute atomic E-state index is 0.106. The molecule has 0 bridgehead atoms. The first kappa shape index (κ1) is 9.01. The van der Waals surface area contributed by atoms with Crippen LogP contribution in [0.15, 0.2) is 12.1 Å². The minimum Gasteiger partial charge on any atom is -0.315 e. The third-order valence-corrected chi connectivity index (χ3v) is 3.70. The number of nitriles is 1. The summed E-state index contributed by atoms with van der Waals surface area (Å²) in [6, 6.07) is 6.24. The van der Waals surface area contributed by atoms with Crippen LogP contribution in [-0.4, -0.2) is 13.1 Å². The Morgan fingerprint density at radius 3 is 3.00 bits per heavy atom. The lowest BCUT2D eigenvalue weighted by molar-refractivity contribution is 0.657. The summed E-state index contributed by atoms with van der Waals surface area (Å²) < 4.78 is 0.804. The minimum atomic E-state index is 0.106. The van der Waals surface area contributed by atoms with Crippen molar-refractivity contribution in [3.63, 3.8) is 0 Å². The monoisotopic (exact) mass is 212 g/mol. The molecule has 1 aliphatic rings. The number of nitrogens with zero attached hydrogens (tertiary/aromatic N) is 1. The van der Waals surface area contributed by atoms with Gasteiger partial charge in [-0.05, 0) is 12.1 Å². The van der Waals surface area contributed by atoms with Gasteiger partial charge in [-0.3, -0.25) is 0 Å². The Morgan fingerprint density at radius 2 is 2.38 bits per heavy atom. The van der Waals surface area contributed by atoms with Gasteiger partial charge in [-0.25, -0.2) is 0 Å². The van der Waals surface area contributed by atoms with Crippen molar-refractivity contribution in [2.45, 2.75) is 5.92 Å². The van der Waals surface area contributed by atoms with Crippen molar-refractivity contribution in [2.24, 2.45) is 5.92 Å². The first-order valence-corrected chi connectivity index (χ1v) is 5.36. The zero-order chi connectivity index (χ0) is 9.26. The SMILES string of the molecule is N#C[C@@H]1CNC[C@H]1c1ccc(Cl)s1. The van der Waals surface area contributed by atoms with Gasteiger partial charge in [0.1, 0.15) is 0 Å². The van der Waals surface area contributed by atoms with Crippen LogP contribution >= 0.6 is 22.9 Å². The Morgan fingerprint density at radius 1 is 1.54 bits per heavy atom. The first-order chi connectivity index (χ1) is 6.31. The molecular formula is C9H9ClN2S. The number of hydrogen-bond acceptors (Lipinski definition) is 3. The molecular weight excluding hydrogens is 204 g/mol. The van der Waals surface area contributed by atoms with Crippen LogP contribution in [0, 0.1) is 17.2 Å². The molecule has 0 amide bonds. The summed E-state index contributed by atoms with van der Waals surface area (Å²) >= 11 is 7.42. The maximum atomic E-state index is 8.89. The highest BCUT2D eigenvalue weighted by molar-refractivity contribution is 7.16. The molecule has 0 spiro atoms. The average Bonchev–Trinajstić information content (AvgIpc) is 2.71. The molecule has 0 radical (unpaired) electrons. The lowest BCUT2D eigenvalue weighted by atomic mass is 9.96. The summed E-state index contributed by atoms with van der Waals surface area (Å²) in [7, 11) is 0. The van der Waals surface area contributed by atoms with Gasteiger partial charge in [-0.15, -0.1) is 11.3 Å². The Hall–Kier alpha value is -0.560. The Labute approximate surface area is 86.1 Å². The van der Waals surface area contributed by atoms with Crippen LogP contribution in [0.2, 0.25) is 4.34 Å². The van der Waals surface area contributed by atoms with Gasteiger partial charge in [0.2, 0.25) is 0 Å². The summed E-state index contributed by atoms with van der Waals surface area (Å²) in [6.07, 6.45) is 0. The largest absolute Gasteiger partial charge is 0.315 e. The second-order valence-corrected chi connectivity index (χ2v) is 4.89. The molecule has 2 nitrogen and oxygen atoms in total. The quantitative estimate of drug-likeness (QED) is 0.775. The second kappa shape index (κ2) is 3.67. The smallest absolute Gasteiger partial charge is 0.0931 e. The number of rotatable bonds is 1. The second-order valence-electron chi connectivity index (χ2n) is 3.14. The van der Waals surface area contributed by atoms with Gasteiger partial charge in [-0.1, -0.05) is 11.6 Å². The van der Waals surface area contributed by atoms with Gasteiger partial charge in [-0.2, -0.15) is 5.26 Å². The molecule has 2 heterocycles. The molecule has 0 saturated carbocycles. The third kappa shape index (κ3) is 1.71. The standard InChI is InChI=1S/C9H9ClN2S/c10-9-2-1-8(13-9)7-5-12-4-6(7)3-11/h1-2,6-7,12H,4-5H2/t6-,7-/m1/s1. The molecule has 13 heavy (non-hydrogen) atoms. The zero-order valence-electron chi connectivity index (χ0n) is 6.96. The predicted molar refractivity (Wildman–Crippen MR) is 54.0 cm³/mol. The normalized spacial score (nSPS) is 27.4. The van der Waals surface area contributed by atoms with Crippen molar-refractivity contribution in [3.8, 4) is 6.07 Å². The van der Waals surface area contributed by atoms with Crippen LogP contribution < -0.4 is 5.32 Å². The lowest BCUT2D eigenvalue weighted by Crippen LogP contribution is -2.07. The van der Waals surface area contributed by atoms with Gasteiger partial charge in [0.05, 0.1) is 16.3 Å². The Bertz CT molecular complexity index is 342. The highest BCUT2D eigenvalue weighted by Crippen LogP contribution is 2.34. The maximum absolute atomic E-state index is 8.89. The maximum Gasteiger partial charge on any atom is 0.0931 e. The van der Waals surface area contributed by atoms with Gasteiger partial charge < -0.3 is 5.32 Å². The van der Waals surface area contributed by atoms with Gasteiger partial charge >= 0.3 is 0 Å². The molecule has 1 saturated heterocycles. The van der Waals surface area contributed by atoms with E-state index in [1.165, 1.54) is 4.88 Å². The fraction of sp³-hybridized carbons (Fsp3) is 0.444. The fourth-order valence-electron chi connectivity index (χ4n) is 1.64. The molecule has 0 unspecified atom stereocenters. The van der Waals surface area contributed by atoms with E-state index in [-0.39, 0.29) is 5.92 Å². The first-order valence-electron chi connectivity index (χ1n) is 4.17. The molecule has 68 valence electrons. The van der Waals surface area contributed by atoms with E-state index in [4.69, 9.17) is 16.9 Å². The van der Waals surface area contributed by atoms with E-state index in [2.05, 4.69) is 11.4 Å². The van der Waals surface area contributed by atoms with Crippen molar-refractivity contribution >= 4 is 22.9 Å². The Kier molecular flexibility index (Phi) is 2.54. The van der Waals surface area contributed by atoms with E-state index in [1.807, 2.05) is 12.1 Å². The van der Waals surface area contributed by atoms with Gasteiger partial charge in [0.25, 0.3) is 0 Å². The van der Waals surface area contributed by atoms with Crippen LogP contribution in [0.25, 0.3) is 0 Å². The van der Waals surface area contributed by atoms with Crippen molar-refractivity contribution in [2.75, 3.05) is 13.1 Å². The van der Waals surface area contributed by atoms with Crippen LogP contribution in [0.3, 0.4) is 0 Å². The van der Waals surface area contributed by atoms with Crippen molar-refractivity contribution < 1.29 is 0 Å². The van der Waals surface area contributed by atoms with Crippen molar-refractivity contribution in [1.29, 1.82) is 5.26 Å². The van der Waals surface area contributed by atoms with E-state index in [0.29, 0.717) is 5.92 Å². The van der Waals surface area contributed by atoms with E-state index in [9.17, 15) is 0 Å². The number of halogens is 1. The number of hydrogen-bond donors (Lipinski definition) is 1. The van der Waals surface area contributed by atoms with Crippen molar-refractivity contribution in [1.82, 2.24) is 5.32 Å². The fourth-order valence-corrected chi connectivity index (χ4v) is 2.87. The summed E-state index contributed by atoms with van der Waals surface area (Å²) in [5.74, 6) is 0.442. The van der Waals surface area contributed by atoms with Gasteiger partial charge in [0, 0.05) is 23.9 Å². The predicted octanol–water partition coefficient (Wildman–Crippen LogP) is 2.23. The van der Waals surface area contributed by atoms with Crippen molar-refractivity contribution in [3.05, 3.63) is 21.3 Å². The highest BCUT2D eigenvalue weighted by atomic mass is 35.5. The number of nitrogens with one attached hydrogen (secondary N) is 1. The van der Waals surface area contributed by atoms with E-state index in [1.54, 1.807) is 11.3 Å². The lowest BCUT2D eigenvalue weighted by Gasteiger charge is -2.08. The van der Waals surface area contributed by atoms with Crippen LogP contribution in [0.5, 0.6) is 0 Å². The topological polar surface area (TPSA) is 35.8 Å². The average molecular weight is 213 g/mol. The van der Waals surface area contributed by atoms with E-state index < -0.39 is 0 Å². The molecule has 4 heteroatoms. The van der Waals surface area contributed by atoms with E-state index in [0.717, 1.165) is 17.4 Å². The molecule has 1 N–H and O–H groups in total. The third-order valence-electron chi connectivity index (χ3n) is 2.34. The summed E-state index contributed by atoms with van der Waals surface area (Å²) in [4.78, 5) is 1.22. The summed E-state index contributed by atoms with van der Waals surface area (Å²) in [5.41, 5.74) is 0. The summed E-state index contributed by atoms with van der Waals surface area (Å²) in [6.45, 7) is 1.70. The van der Waals surface area contributed by atoms with E-state index >= 15 is 0 Å². The van der Waals surface area contributed by atoms with Crippen LogP contribution in [-0.2, 0) is 0 Å². The van der Waals surface area contributed by atoms with Crippen LogP contribution in [0.1, 0.15) is 10.8 Å². The molecule has 1 fully saturated rings. The number of thiophene rings is 1. The molecule has 1 aliphatic heterocycles. The zero-order valence-corrected chi connectivity index (χ0v) is 8.53. The Balaban J connectivity index is 2.21. The van der Waals surface area contributed by atoms with Crippen LogP contribution in [0.4, 0.5) is 0 Å². The molecule has 0 aliphatic carbocycles. The molecule has 0 aromatic carbocycles. The molecule has 2 rings (SSSR count).